The van der Waals surface area contributed by atoms with Crippen LogP contribution in [-0.4, -0.2) is 56.3 Å². The van der Waals surface area contributed by atoms with Gasteiger partial charge in [-0.25, -0.2) is 0 Å². The van der Waals surface area contributed by atoms with Gasteiger partial charge in [0.05, 0.1) is 25.4 Å². The summed E-state index contributed by atoms with van der Waals surface area (Å²) in [5.74, 6) is 0.424. The molecular weight excluding hydrogens is 633 g/mol. The summed E-state index contributed by atoms with van der Waals surface area (Å²) >= 11 is 0. The van der Waals surface area contributed by atoms with Crippen LogP contribution < -0.4 is 0 Å². The van der Waals surface area contributed by atoms with Crippen molar-refractivity contribution in [3.63, 3.8) is 0 Å². The van der Waals surface area contributed by atoms with Gasteiger partial charge in [-0.1, -0.05) is 113 Å². The third kappa shape index (κ3) is 14.0. The number of hydrogen-bond acceptors (Lipinski definition) is 5. The molecule has 0 bridgehead atoms. The summed E-state index contributed by atoms with van der Waals surface area (Å²) < 4.78 is 26.5. The highest BCUT2D eigenvalue weighted by molar-refractivity contribution is 6.75. The zero-order chi connectivity index (χ0) is 36.5. The number of methoxy groups -OCH3 is 1. The van der Waals surface area contributed by atoms with Crippen LogP contribution in [0.5, 0.6) is 0 Å². The quantitative estimate of drug-likeness (QED) is 0.0613. The molecule has 1 fully saturated rings. The molecule has 0 N–H and O–H groups in total. The second-order valence-corrected chi connectivity index (χ2v) is 33.1. The fourth-order valence-electron chi connectivity index (χ4n) is 5.47. The summed E-state index contributed by atoms with van der Waals surface area (Å²) in [7, 11) is -4.56. The van der Waals surface area contributed by atoms with E-state index in [1.165, 1.54) is 26.4 Å². The lowest BCUT2D eigenvalue weighted by atomic mass is 9.89. The number of carbonyl (C=O) groups excluding carboxylic acids is 1. The Kier molecular flexibility index (Phi) is 17.2. The van der Waals surface area contributed by atoms with Crippen molar-refractivity contribution >= 4 is 30.9 Å². The van der Waals surface area contributed by atoms with Gasteiger partial charge in [-0.3, -0.25) is 4.79 Å². The van der Waals surface area contributed by atoms with Crippen molar-refractivity contribution in [3.05, 3.63) is 24.3 Å². The van der Waals surface area contributed by atoms with E-state index < -0.39 is 25.0 Å². The molecule has 0 spiro atoms. The second kappa shape index (κ2) is 18.1. The highest BCUT2D eigenvalue weighted by Gasteiger charge is 2.50. The molecule has 0 aromatic carbocycles. The van der Waals surface area contributed by atoms with Crippen LogP contribution in [0.25, 0.3) is 0 Å². The van der Waals surface area contributed by atoms with E-state index in [4.69, 9.17) is 18.0 Å². The van der Waals surface area contributed by atoms with Gasteiger partial charge in [-0.2, -0.15) is 0 Å². The molecule has 47 heavy (non-hydrogen) atoms. The van der Waals surface area contributed by atoms with Gasteiger partial charge in [-0.05, 0) is 92.4 Å². The van der Waals surface area contributed by atoms with Gasteiger partial charge in [-0.15, -0.1) is 0 Å². The molecule has 1 aliphatic rings. The van der Waals surface area contributed by atoms with Crippen molar-refractivity contribution in [2.45, 2.75) is 200 Å². The molecule has 0 saturated heterocycles. The second-order valence-electron chi connectivity index (χ2n) is 18.8. The number of carbonyl (C=O) groups is 1. The van der Waals surface area contributed by atoms with E-state index >= 15 is 0 Å². The van der Waals surface area contributed by atoms with Crippen LogP contribution in [0.15, 0.2) is 24.3 Å². The summed E-state index contributed by atoms with van der Waals surface area (Å²) in [5.41, 5.74) is 0. The van der Waals surface area contributed by atoms with E-state index in [0.29, 0.717) is 12.3 Å². The Morgan fingerprint density at radius 1 is 0.766 bits per heavy atom. The number of ether oxygens (including phenoxy) is 1. The lowest BCUT2D eigenvalue weighted by Crippen LogP contribution is -2.45. The molecule has 0 aromatic rings. The third-order valence-corrected chi connectivity index (χ3v) is 25.3. The Morgan fingerprint density at radius 3 is 1.79 bits per heavy atom. The molecule has 5 nitrogen and oxygen atoms in total. The first-order valence-corrected chi connectivity index (χ1v) is 27.5. The Morgan fingerprint density at radius 2 is 1.30 bits per heavy atom. The average molecular weight is 711 g/mol. The molecule has 0 aliphatic heterocycles. The molecule has 1 saturated carbocycles. The van der Waals surface area contributed by atoms with Crippen LogP contribution in [-0.2, 0) is 22.8 Å². The van der Waals surface area contributed by atoms with Crippen molar-refractivity contribution in [3.8, 4) is 0 Å². The molecule has 5 atom stereocenters. The predicted molar refractivity (Wildman–Crippen MR) is 211 cm³/mol. The smallest absolute Gasteiger partial charge is 0.305 e. The lowest BCUT2D eigenvalue weighted by Gasteiger charge is -2.40. The third-order valence-electron chi connectivity index (χ3n) is 11.8. The molecule has 0 radical (unpaired) electrons. The van der Waals surface area contributed by atoms with Crippen LogP contribution in [0.1, 0.15) is 127 Å². The monoisotopic (exact) mass is 711 g/mol. The van der Waals surface area contributed by atoms with Gasteiger partial charge < -0.3 is 18.0 Å². The minimum Gasteiger partial charge on any atom is -0.469 e. The van der Waals surface area contributed by atoms with Crippen molar-refractivity contribution in [1.29, 1.82) is 0 Å². The van der Waals surface area contributed by atoms with E-state index in [-0.39, 0.29) is 45.3 Å². The van der Waals surface area contributed by atoms with Gasteiger partial charge in [0.1, 0.15) is 0 Å². The van der Waals surface area contributed by atoms with Gasteiger partial charge in [0, 0.05) is 12.3 Å². The maximum absolute atomic E-state index is 11.6. The van der Waals surface area contributed by atoms with E-state index in [0.717, 1.165) is 32.1 Å². The van der Waals surface area contributed by atoms with E-state index in [9.17, 15) is 4.79 Å². The topological polar surface area (TPSA) is 54.0 Å². The number of esters is 1. The summed E-state index contributed by atoms with van der Waals surface area (Å²) in [5, 5.41) is 0.420. The van der Waals surface area contributed by atoms with Gasteiger partial charge in [0.25, 0.3) is 0 Å². The maximum Gasteiger partial charge on any atom is 0.305 e. The summed E-state index contributed by atoms with van der Waals surface area (Å²) in [4.78, 5) is 11.6. The van der Waals surface area contributed by atoms with Crippen molar-refractivity contribution < 1.29 is 22.8 Å². The maximum atomic E-state index is 11.6. The number of unbranched alkanes of at least 4 members (excludes halogenated alkanes) is 3. The van der Waals surface area contributed by atoms with E-state index in [1.54, 1.807) is 0 Å². The van der Waals surface area contributed by atoms with Gasteiger partial charge in [0.2, 0.25) is 0 Å². The first-order chi connectivity index (χ1) is 21.3. The average Bonchev–Trinajstić information content (AvgIpc) is 3.20. The Balaban J connectivity index is 3.60. The van der Waals surface area contributed by atoms with Crippen molar-refractivity contribution in [1.82, 2.24) is 0 Å². The molecule has 8 heteroatoms. The molecule has 1 aliphatic carbocycles. The van der Waals surface area contributed by atoms with E-state index in [1.807, 2.05) is 0 Å². The van der Waals surface area contributed by atoms with E-state index in [2.05, 4.69) is 133 Å². The largest absolute Gasteiger partial charge is 0.469 e. The van der Waals surface area contributed by atoms with Crippen LogP contribution in [0, 0.1) is 11.8 Å². The molecule has 0 aromatic heterocycles. The molecular formula is C39H78O5Si3. The molecule has 0 unspecified atom stereocenters. The fraction of sp³-hybridized carbons (Fsp3) is 0.872. The molecule has 1 rings (SSSR count). The van der Waals surface area contributed by atoms with Gasteiger partial charge in [0.15, 0.2) is 25.0 Å². The Hall–Kier alpha value is -0.519. The Bertz CT molecular complexity index is 998. The predicted octanol–water partition coefficient (Wildman–Crippen LogP) is 12.2. The lowest BCUT2D eigenvalue weighted by molar-refractivity contribution is -0.140. The van der Waals surface area contributed by atoms with Crippen LogP contribution in [0.2, 0.25) is 54.4 Å². The summed E-state index contributed by atoms with van der Waals surface area (Å²) in [6.07, 6.45) is 18.6. The molecule has 0 heterocycles. The number of allylic oxidation sites excluding steroid dienone is 2. The first-order valence-electron chi connectivity index (χ1n) is 18.7. The van der Waals surface area contributed by atoms with Crippen LogP contribution in [0.3, 0.4) is 0 Å². The molecule has 276 valence electrons. The standard InChI is InChI=1S/C39H78O5Si3/c1-18-19-22-25-31(42-45(12,13)37(2,3)4)28-29-33-32(26-23-20-21-24-27-36(40)41-11)34(43-46(14,15)38(5,6)7)30-35(33)44-47(16,17)39(8,9)10/h20,23,28-29,31-35H,18-19,21-22,24-27,30H2,1-17H3/t31-,32+,33+,34-,35+/m0/s1. The number of hydrogen-bond donors (Lipinski definition) is 0. The van der Waals surface area contributed by atoms with Crippen LogP contribution in [0.4, 0.5) is 0 Å². The Labute approximate surface area is 295 Å². The van der Waals surface area contributed by atoms with Crippen LogP contribution >= 0.6 is 0 Å². The summed E-state index contributed by atoms with van der Waals surface area (Å²) in [6, 6.07) is 0. The highest BCUT2D eigenvalue weighted by Crippen LogP contribution is 2.48. The first kappa shape index (κ1) is 44.5. The fourth-order valence-corrected chi connectivity index (χ4v) is 9.52. The highest BCUT2D eigenvalue weighted by atomic mass is 28.4. The SMILES string of the molecule is CCCCC[C@@H](C=C[C@@H]1[C@@H](CC=CCCCC(=O)OC)[C@@H](O[Si](C)(C)C(C)(C)C)C[C@H]1O[Si](C)(C)C(C)(C)C)O[Si](C)(C)C(C)(C)C. The summed E-state index contributed by atoms with van der Waals surface area (Å²) in [6.45, 7) is 37.6. The molecule has 0 amide bonds. The normalized spacial score (nSPS) is 22.8. The minimum atomic E-state index is -2.04. The van der Waals surface area contributed by atoms with Crippen molar-refractivity contribution in [2.24, 2.45) is 11.8 Å². The zero-order valence-electron chi connectivity index (χ0n) is 34.1. The van der Waals surface area contributed by atoms with Crippen molar-refractivity contribution in [2.75, 3.05) is 7.11 Å². The zero-order valence-corrected chi connectivity index (χ0v) is 37.1. The minimum absolute atomic E-state index is 0.115. The van der Waals surface area contributed by atoms with Gasteiger partial charge >= 0.3 is 5.97 Å². The number of rotatable bonds is 18.